The largest absolute Gasteiger partial charge is 0.481 e. The van der Waals surface area contributed by atoms with Gasteiger partial charge >= 0.3 is 5.97 Å². The summed E-state index contributed by atoms with van der Waals surface area (Å²) in [6.07, 6.45) is 3.76. The van der Waals surface area contributed by atoms with Crippen molar-refractivity contribution < 1.29 is 9.90 Å². The van der Waals surface area contributed by atoms with Crippen LogP contribution in [-0.2, 0) is 24.7 Å². The van der Waals surface area contributed by atoms with Crippen molar-refractivity contribution in [3.05, 3.63) is 29.6 Å². The van der Waals surface area contributed by atoms with Crippen LogP contribution >= 0.6 is 0 Å². The molecule has 4 heteroatoms. The Hall–Kier alpha value is -1.84. The standard InChI is InChI=1S/C15H20N2O2/c1-3-5-14-16-12-10-11(6-4-7-15(18)19)8-9-13(12)17(14)2/h8-10H,3-7H2,1-2H3,(H,18,19). The van der Waals surface area contributed by atoms with Crippen LogP contribution in [0, 0.1) is 0 Å². The summed E-state index contributed by atoms with van der Waals surface area (Å²) in [5.41, 5.74) is 3.32. The van der Waals surface area contributed by atoms with Crippen LogP contribution in [0.25, 0.3) is 11.0 Å². The third-order valence-electron chi connectivity index (χ3n) is 3.37. The number of benzene rings is 1. The quantitative estimate of drug-likeness (QED) is 0.868. The molecule has 0 spiro atoms. The van der Waals surface area contributed by atoms with E-state index in [1.807, 2.05) is 7.05 Å². The Kier molecular flexibility index (Phi) is 4.20. The number of aliphatic carboxylic acids is 1. The highest BCUT2D eigenvalue weighted by Crippen LogP contribution is 2.18. The Balaban J connectivity index is 2.18. The molecule has 4 nitrogen and oxygen atoms in total. The Morgan fingerprint density at radius 2 is 2.16 bits per heavy atom. The molecule has 0 atom stereocenters. The minimum absolute atomic E-state index is 0.224. The van der Waals surface area contributed by atoms with Gasteiger partial charge in [-0.1, -0.05) is 13.0 Å². The first-order valence-electron chi connectivity index (χ1n) is 6.78. The molecule has 1 aromatic heterocycles. The van der Waals surface area contributed by atoms with Gasteiger partial charge in [-0.3, -0.25) is 4.79 Å². The predicted molar refractivity (Wildman–Crippen MR) is 75.3 cm³/mol. The van der Waals surface area contributed by atoms with Crippen LogP contribution in [-0.4, -0.2) is 20.6 Å². The number of fused-ring (bicyclic) bond motifs is 1. The molecule has 1 heterocycles. The van der Waals surface area contributed by atoms with Crippen molar-refractivity contribution in [1.29, 1.82) is 0 Å². The van der Waals surface area contributed by atoms with Gasteiger partial charge in [-0.25, -0.2) is 4.98 Å². The van der Waals surface area contributed by atoms with Crippen molar-refractivity contribution in [2.75, 3.05) is 0 Å². The van der Waals surface area contributed by atoms with Crippen LogP contribution in [0.15, 0.2) is 18.2 Å². The number of hydrogen-bond acceptors (Lipinski definition) is 2. The number of carboxylic acids is 1. The summed E-state index contributed by atoms with van der Waals surface area (Å²) in [4.78, 5) is 15.2. The van der Waals surface area contributed by atoms with Crippen molar-refractivity contribution >= 4 is 17.0 Å². The van der Waals surface area contributed by atoms with Crippen LogP contribution in [0.2, 0.25) is 0 Å². The first-order valence-corrected chi connectivity index (χ1v) is 6.78. The average Bonchev–Trinajstić information content (AvgIpc) is 2.66. The third kappa shape index (κ3) is 3.13. The number of carbonyl (C=O) groups is 1. The second-order valence-electron chi connectivity index (χ2n) is 4.91. The summed E-state index contributed by atoms with van der Waals surface area (Å²) in [6, 6.07) is 6.23. The fraction of sp³-hybridized carbons (Fsp3) is 0.467. The van der Waals surface area contributed by atoms with E-state index in [0.29, 0.717) is 6.42 Å². The lowest BCUT2D eigenvalue weighted by molar-refractivity contribution is -0.137. The third-order valence-corrected chi connectivity index (χ3v) is 3.37. The normalized spacial score (nSPS) is 11.1. The summed E-state index contributed by atoms with van der Waals surface area (Å²) in [5.74, 6) is 0.379. The van der Waals surface area contributed by atoms with Gasteiger partial charge in [0, 0.05) is 19.9 Å². The Morgan fingerprint density at radius 1 is 1.37 bits per heavy atom. The second kappa shape index (κ2) is 5.87. The van der Waals surface area contributed by atoms with Gasteiger partial charge in [-0.2, -0.15) is 0 Å². The van der Waals surface area contributed by atoms with E-state index in [0.717, 1.165) is 41.7 Å². The predicted octanol–water partition coefficient (Wildman–Crippen LogP) is 2.93. The van der Waals surface area contributed by atoms with Gasteiger partial charge in [0.05, 0.1) is 11.0 Å². The van der Waals surface area contributed by atoms with Crippen molar-refractivity contribution in [3.63, 3.8) is 0 Å². The summed E-state index contributed by atoms with van der Waals surface area (Å²) >= 11 is 0. The van der Waals surface area contributed by atoms with E-state index in [1.54, 1.807) is 0 Å². The highest BCUT2D eigenvalue weighted by molar-refractivity contribution is 5.76. The van der Waals surface area contributed by atoms with E-state index < -0.39 is 5.97 Å². The first kappa shape index (κ1) is 13.6. The van der Waals surface area contributed by atoms with Crippen molar-refractivity contribution in [2.45, 2.75) is 39.0 Å². The maximum Gasteiger partial charge on any atom is 0.303 e. The van der Waals surface area contributed by atoms with Crippen LogP contribution in [0.4, 0.5) is 0 Å². The van der Waals surface area contributed by atoms with Gasteiger partial charge in [-0.05, 0) is 37.0 Å². The minimum atomic E-state index is -0.732. The highest BCUT2D eigenvalue weighted by Gasteiger charge is 2.07. The van der Waals surface area contributed by atoms with Gasteiger partial charge in [0.2, 0.25) is 0 Å². The molecule has 0 unspecified atom stereocenters. The molecule has 1 aromatic carbocycles. The van der Waals surface area contributed by atoms with Crippen LogP contribution in [0.3, 0.4) is 0 Å². The zero-order valence-electron chi connectivity index (χ0n) is 11.5. The number of hydrogen-bond donors (Lipinski definition) is 1. The fourth-order valence-electron chi connectivity index (χ4n) is 2.34. The molecular weight excluding hydrogens is 240 g/mol. The van der Waals surface area contributed by atoms with E-state index in [2.05, 4.69) is 34.7 Å². The van der Waals surface area contributed by atoms with Gasteiger partial charge in [0.15, 0.2) is 0 Å². The number of aromatic nitrogens is 2. The number of imidazole rings is 1. The molecule has 102 valence electrons. The summed E-state index contributed by atoms with van der Waals surface area (Å²) in [6.45, 7) is 2.15. The molecule has 0 aliphatic carbocycles. The monoisotopic (exact) mass is 260 g/mol. The summed E-state index contributed by atoms with van der Waals surface area (Å²) in [7, 11) is 2.05. The second-order valence-corrected chi connectivity index (χ2v) is 4.91. The fourth-order valence-corrected chi connectivity index (χ4v) is 2.34. The summed E-state index contributed by atoms with van der Waals surface area (Å²) in [5, 5.41) is 8.65. The maximum absolute atomic E-state index is 10.5. The Morgan fingerprint density at radius 3 is 2.84 bits per heavy atom. The Labute approximate surface area is 113 Å². The number of aryl methyl sites for hydroxylation is 3. The van der Waals surface area contributed by atoms with E-state index in [-0.39, 0.29) is 6.42 Å². The SMILES string of the molecule is CCCc1nc2cc(CCCC(=O)O)ccc2n1C. The molecule has 0 fully saturated rings. The zero-order valence-corrected chi connectivity index (χ0v) is 11.5. The van der Waals surface area contributed by atoms with Crippen LogP contribution in [0.1, 0.15) is 37.6 Å². The van der Waals surface area contributed by atoms with E-state index in [4.69, 9.17) is 5.11 Å². The van der Waals surface area contributed by atoms with Crippen LogP contribution in [0.5, 0.6) is 0 Å². The lowest BCUT2D eigenvalue weighted by atomic mass is 10.1. The maximum atomic E-state index is 10.5. The van der Waals surface area contributed by atoms with E-state index in [9.17, 15) is 4.79 Å². The number of rotatable bonds is 6. The summed E-state index contributed by atoms with van der Waals surface area (Å²) < 4.78 is 2.14. The van der Waals surface area contributed by atoms with E-state index in [1.165, 1.54) is 0 Å². The zero-order chi connectivity index (χ0) is 13.8. The minimum Gasteiger partial charge on any atom is -0.481 e. The van der Waals surface area contributed by atoms with Crippen LogP contribution < -0.4 is 0 Å². The molecule has 0 radical (unpaired) electrons. The van der Waals surface area contributed by atoms with Crippen molar-refractivity contribution in [3.8, 4) is 0 Å². The molecule has 0 aliphatic heterocycles. The molecule has 2 rings (SSSR count). The van der Waals surface area contributed by atoms with Gasteiger partial charge in [-0.15, -0.1) is 0 Å². The number of carboxylic acid groups (broad SMARTS) is 1. The molecule has 2 aromatic rings. The van der Waals surface area contributed by atoms with Gasteiger partial charge < -0.3 is 9.67 Å². The van der Waals surface area contributed by atoms with E-state index >= 15 is 0 Å². The topological polar surface area (TPSA) is 55.1 Å². The lowest BCUT2D eigenvalue weighted by Crippen LogP contribution is -1.96. The molecule has 0 aliphatic rings. The van der Waals surface area contributed by atoms with Crippen molar-refractivity contribution in [2.24, 2.45) is 7.05 Å². The lowest BCUT2D eigenvalue weighted by Gasteiger charge is -2.01. The molecule has 0 amide bonds. The molecule has 0 saturated heterocycles. The average molecular weight is 260 g/mol. The first-order chi connectivity index (χ1) is 9.11. The molecule has 0 bridgehead atoms. The van der Waals surface area contributed by atoms with Crippen molar-refractivity contribution in [1.82, 2.24) is 9.55 Å². The Bertz CT molecular complexity index is 587. The number of nitrogens with zero attached hydrogens (tertiary/aromatic N) is 2. The molecule has 19 heavy (non-hydrogen) atoms. The molecule has 1 N–H and O–H groups in total. The smallest absolute Gasteiger partial charge is 0.303 e. The molecule has 0 saturated carbocycles. The molecular formula is C15H20N2O2. The highest BCUT2D eigenvalue weighted by atomic mass is 16.4. The van der Waals surface area contributed by atoms with Gasteiger partial charge in [0.1, 0.15) is 5.82 Å². The van der Waals surface area contributed by atoms with Gasteiger partial charge in [0.25, 0.3) is 0 Å².